The fourth-order valence-electron chi connectivity index (χ4n) is 3.47. The van der Waals surface area contributed by atoms with Crippen LogP contribution in [0.1, 0.15) is 16.1 Å². The number of carbonyl (C=O) groups excluding carboxylic acids is 3. The van der Waals surface area contributed by atoms with Gasteiger partial charge in [0.1, 0.15) is 5.69 Å². The smallest absolute Gasteiger partial charge is 0.312 e. The molecular formula is C22H22N4O3. The quantitative estimate of drug-likeness (QED) is 0.669. The molecule has 1 aliphatic rings. The van der Waals surface area contributed by atoms with Crippen LogP contribution in [0.25, 0.3) is 10.9 Å². The lowest BCUT2D eigenvalue weighted by Gasteiger charge is -2.34. The maximum Gasteiger partial charge on any atom is 0.312 e. The summed E-state index contributed by atoms with van der Waals surface area (Å²) in [5.41, 5.74) is 2.38. The maximum absolute atomic E-state index is 12.8. The van der Waals surface area contributed by atoms with E-state index in [1.807, 2.05) is 60.7 Å². The van der Waals surface area contributed by atoms with E-state index in [-0.39, 0.29) is 5.91 Å². The molecule has 0 aliphatic carbocycles. The number of H-pyrrole nitrogens is 1. The number of fused-ring (bicyclic) bond motifs is 1. The van der Waals surface area contributed by atoms with Gasteiger partial charge in [-0.25, -0.2) is 0 Å². The van der Waals surface area contributed by atoms with Crippen LogP contribution in [-0.2, 0) is 16.1 Å². The number of hydrogen-bond acceptors (Lipinski definition) is 3. The summed E-state index contributed by atoms with van der Waals surface area (Å²) in [4.78, 5) is 43.6. The number of amides is 3. The first-order valence-corrected chi connectivity index (χ1v) is 9.60. The monoisotopic (exact) mass is 390 g/mol. The zero-order chi connectivity index (χ0) is 20.2. The Morgan fingerprint density at radius 3 is 2.24 bits per heavy atom. The maximum atomic E-state index is 12.8. The fraction of sp³-hybridized carbons (Fsp3) is 0.227. The predicted octanol–water partition coefficient (Wildman–Crippen LogP) is 1.77. The highest BCUT2D eigenvalue weighted by atomic mass is 16.2. The normalized spacial score (nSPS) is 14.1. The summed E-state index contributed by atoms with van der Waals surface area (Å²) in [5.74, 6) is -1.27. The fourth-order valence-corrected chi connectivity index (χ4v) is 3.47. The number of para-hydroxylation sites is 1. The van der Waals surface area contributed by atoms with Crippen molar-refractivity contribution in [2.45, 2.75) is 6.54 Å². The van der Waals surface area contributed by atoms with Crippen molar-refractivity contribution < 1.29 is 14.4 Å². The van der Waals surface area contributed by atoms with E-state index in [1.165, 1.54) is 4.90 Å². The van der Waals surface area contributed by atoms with Gasteiger partial charge in [-0.3, -0.25) is 14.4 Å². The largest absolute Gasteiger partial charge is 0.351 e. The summed E-state index contributed by atoms with van der Waals surface area (Å²) < 4.78 is 0. The Balaban J connectivity index is 1.30. The SMILES string of the molecule is O=C(NCc1ccccc1)C(=O)N1CCN(C(=O)c2cc3ccccc3[nH]2)CC1. The lowest BCUT2D eigenvalue weighted by atomic mass is 10.2. The molecule has 4 rings (SSSR count). The molecule has 2 N–H and O–H groups in total. The molecule has 2 aromatic carbocycles. The van der Waals surface area contributed by atoms with E-state index in [2.05, 4.69) is 10.3 Å². The molecule has 0 unspecified atom stereocenters. The van der Waals surface area contributed by atoms with E-state index < -0.39 is 11.8 Å². The molecule has 7 heteroatoms. The van der Waals surface area contributed by atoms with Crippen LogP contribution in [0.4, 0.5) is 0 Å². The molecular weight excluding hydrogens is 368 g/mol. The average Bonchev–Trinajstić information content (AvgIpc) is 3.21. The second-order valence-corrected chi connectivity index (χ2v) is 7.02. The van der Waals surface area contributed by atoms with Crippen molar-refractivity contribution in [2.75, 3.05) is 26.2 Å². The third-order valence-corrected chi connectivity index (χ3v) is 5.10. The summed E-state index contributed by atoms with van der Waals surface area (Å²) in [5, 5.41) is 3.64. The van der Waals surface area contributed by atoms with Gasteiger partial charge in [0.2, 0.25) is 0 Å². The molecule has 0 radical (unpaired) electrons. The first kappa shape index (κ1) is 18.7. The molecule has 0 saturated carbocycles. The van der Waals surface area contributed by atoms with Crippen molar-refractivity contribution in [3.63, 3.8) is 0 Å². The summed E-state index contributed by atoms with van der Waals surface area (Å²) in [6.07, 6.45) is 0. The van der Waals surface area contributed by atoms with E-state index >= 15 is 0 Å². The van der Waals surface area contributed by atoms with Crippen LogP contribution in [0.2, 0.25) is 0 Å². The second-order valence-electron chi connectivity index (χ2n) is 7.02. The van der Waals surface area contributed by atoms with Crippen molar-refractivity contribution >= 4 is 28.6 Å². The molecule has 0 atom stereocenters. The second kappa shape index (κ2) is 8.18. The van der Waals surface area contributed by atoms with Gasteiger partial charge >= 0.3 is 11.8 Å². The molecule has 1 saturated heterocycles. The van der Waals surface area contributed by atoms with Crippen LogP contribution in [0.5, 0.6) is 0 Å². The molecule has 3 aromatic rings. The molecule has 1 fully saturated rings. The van der Waals surface area contributed by atoms with Gasteiger partial charge in [-0.15, -0.1) is 0 Å². The summed E-state index contributed by atoms with van der Waals surface area (Å²) in [6, 6.07) is 19.0. The summed E-state index contributed by atoms with van der Waals surface area (Å²) in [6.45, 7) is 1.77. The van der Waals surface area contributed by atoms with E-state index in [0.717, 1.165) is 16.5 Å². The highest BCUT2D eigenvalue weighted by molar-refractivity contribution is 6.35. The molecule has 0 spiro atoms. The van der Waals surface area contributed by atoms with Crippen molar-refractivity contribution in [1.82, 2.24) is 20.1 Å². The number of aromatic nitrogens is 1. The van der Waals surface area contributed by atoms with Crippen LogP contribution in [0.15, 0.2) is 60.7 Å². The van der Waals surface area contributed by atoms with E-state index in [4.69, 9.17) is 0 Å². The van der Waals surface area contributed by atoms with Gasteiger partial charge < -0.3 is 20.1 Å². The molecule has 7 nitrogen and oxygen atoms in total. The van der Waals surface area contributed by atoms with E-state index in [0.29, 0.717) is 38.4 Å². The molecule has 148 valence electrons. The van der Waals surface area contributed by atoms with Crippen molar-refractivity contribution in [2.24, 2.45) is 0 Å². The zero-order valence-corrected chi connectivity index (χ0v) is 15.9. The van der Waals surface area contributed by atoms with Crippen LogP contribution >= 0.6 is 0 Å². The van der Waals surface area contributed by atoms with Gasteiger partial charge in [-0.1, -0.05) is 48.5 Å². The number of hydrogen-bond donors (Lipinski definition) is 2. The van der Waals surface area contributed by atoms with Gasteiger partial charge in [0.05, 0.1) is 0 Å². The Morgan fingerprint density at radius 2 is 1.52 bits per heavy atom. The number of aromatic amines is 1. The number of nitrogens with zero attached hydrogens (tertiary/aromatic N) is 2. The molecule has 1 aromatic heterocycles. The number of piperazine rings is 1. The minimum atomic E-state index is -0.621. The van der Waals surface area contributed by atoms with Gasteiger partial charge in [0.15, 0.2) is 0 Å². The van der Waals surface area contributed by atoms with Crippen LogP contribution < -0.4 is 5.32 Å². The van der Waals surface area contributed by atoms with E-state index in [9.17, 15) is 14.4 Å². The minimum absolute atomic E-state index is 0.0955. The summed E-state index contributed by atoms with van der Waals surface area (Å²) in [7, 11) is 0. The van der Waals surface area contributed by atoms with Gasteiger partial charge in [-0.2, -0.15) is 0 Å². The van der Waals surface area contributed by atoms with Crippen molar-refractivity contribution in [3.8, 4) is 0 Å². The predicted molar refractivity (Wildman–Crippen MR) is 109 cm³/mol. The summed E-state index contributed by atoms with van der Waals surface area (Å²) >= 11 is 0. The molecule has 2 heterocycles. The Hall–Kier alpha value is -3.61. The van der Waals surface area contributed by atoms with Gasteiger partial charge in [-0.05, 0) is 17.7 Å². The van der Waals surface area contributed by atoms with E-state index in [1.54, 1.807) is 4.90 Å². The van der Waals surface area contributed by atoms with Crippen LogP contribution in [-0.4, -0.2) is 58.7 Å². The first-order valence-electron chi connectivity index (χ1n) is 9.60. The first-order chi connectivity index (χ1) is 14.1. The zero-order valence-electron chi connectivity index (χ0n) is 15.9. The number of carbonyl (C=O) groups is 3. The number of nitrogens with one attached hydrogen (secondary N) is 2. The Labute approximate surface area is 168 Å². The Bertz CT molecular complexity index is 1000. The number of benzene rings is 2. The topological polar surface area (TPSA) is 85.5 Å². The highest BCUT2D eigenvalue weighted by Crippen LogP contribution is 2.17. The Kier molecular flexibility index (Phi) is 5.29. The Morgan fingerprint density at radius 1 is 0.862 bits per heavy atom. The molecule has 29 heavy (non-hydrogen) atoms. The van der Waals surface area contributed by atoms with Crippen LogP contribution in [0.3, 0.4) is 0 Å². The lowest BCUT2D eigenvalue weighted by Crippen LogP contribution is -2.53. The standard InChI is InChI=1S/C22H22N4O3/c27-20(23-15-16-6-2-1-3-7-16)22(29)26-12-10-25(11-13-26)21(28)19-14-17-8-4-5-9-18(17)24-19/h1-9,14,24H,10-13,15H2,(H,23,27). The minimum Gasteiger partial charge on any atom is -0.351 e. The highest BCUT2D eigenvalue weighted by Gasteiger charge is 2.28. The van der Waals surface area contributed by atoms with Gasteiger partial charge in [0.25, 0.3) is 5.91 Å². The van der Waals surface area contributed by atoms with Crippen molar-refractivity contribution in [3.05, 3.63) is 71.9 Å². The molecule has 0 bridgehead atoms. The third kappa shape index (κ3) is 4.13. The molecule has 3 amide bonds. The lowest BCUT2D eigenvalue weighted by molar-refractivity contribution is -0.146. The average molecular weight is 390 g/mol. The number of rotatable bonds is 3. The van der Waals surface area contributed by atoms with Gasteiger partial charge in [0, 0.05) is 43.6 Å². The third-order valence-electron chi connectivity index (χ3n) is 5.10. The molecule has 1 aliphatic heterocycles. The van der Waals surface area contributed by atoms with Crippen LogP contribution in [0, 0.1) is 0 Å². The van der Waals surface area contributed by atoms with Crippen molar-refractivity contribution in [1.29, 1.82) is 0 Å².